The number of nitriles is 1. The van der Waals surface area contributed by atoms with E-state index in [2.05, 4.69) is 34.0 Å². The van der Waals surface area contributed by atoms with E-state index in [1.54, 1.807) is 19.3 Å². The van der Waals surface area contributed by atoms with Gasteiger partial charge in [0.15, 0.2) is 18.1 Å². The SMILES string of the molecule is COc1cc(/C=C(/C#N)c2ccc(C)cc2)cc(I)c1OCC(=O)Nc1ccccc1. The number of benzene rings is 3. The van der Waals surface area contributed by atoms with Gasteiger partial charge in [-0.2, -0.15) is 5.26 Å². The number of hydrogen-bond acceptors (Lipinski definition) is 4. The van der Waals surface area contributed by atoms with Gasteiger partial charge in [0.05, 0.1) is 22.3 Å². The predicted octanol–water partition coefficient (Wildman–Crippen LogP) is 5.69. The molecule has 0 aliphatic carbocycles. The first-order valence-corrected chi connectivity index (χ1v) is 10.6. The molecule has 1 N–H and O–H groups in total. The van der Waals surface area contributed by atoms with Crippen molar-refractivity contribution in [2.45, 2.75) is 6.92 Å². The molecule has 0 fully saturated rings. The van der Waals surface area contributed by atoms with Crippen molar-refractivity contribution in [3.8, 4) is 17.6 Å². The average Bonchev–Trinajstić information content (AvgIpc) is 2.77. The Morgan fingerprint density at radius 1 is 1.13 bits per heavy atom. The minimum atomic E-state index is -0.265. The molecule has 1 amide bonds. The Labute approximate surface area is 195 Å². The fraction of sp³-hybridized carbons (Fsp3) is 0.120. The van der Waals surface area contributed by atoms with Crippen LogP contribution in [0.5, 0.6) is 11.5 Å². The molecule has 3 rings (SSSR count). The molecule has 3 aromatic rings. The number of ether oxygens (including phenoxy) is 2. The van der Waals surface area contributed by atoms with Crippen molar-refractivity contribution in [3.63, 3.8) is 0 Å². The third-order valence-corrected chi connectivity index (χ3v) is 5.25. The first-order valence-electron chi connectivity index (χ1n) is 9.54. The van der Waals surface area contributed by atoms with Crippen molar-refractivity contribution in [2.75, 3.05) is 19.0 Å². The number of nitrogens with zero attached hydrogens (tertiary/aromatic N) is 1. The van der Waals surface area contributed by atoms with Crippen molar-refractivity contribution in [3.05, 3.63) is 87.0 Å². The molecule has 0 aromatic heterocycles. The zero-order valence-electron chi connectivity index (χ0n) is 17.2. The molecule has 0 aliphatic heterocycles. The van der Waals surface area contributed by atoms with Crippen LogP contribution in [-0.4, -0.2) is 19.6 Å². The van der Waals surface area contributed by atoms with E-state index < -0.39 is 0 Å². The molecule has 0 radical (unpaired) electrons. The third-order valence-electron chi connectivity index (χ3n) is 4.45. The normalized spacial score (nSPS) is 10.8. The maximum atomic E-state index is 12.2. The summed E-state index contributed by atoms with van der Waals surface area (Å²) in [5.41, 5.74) is 4.04. The van der Waals surface area contributed by atoms with Gasteiger partial charge in [0.25, 0.3) is 5.91 Å². The van der Waals surface area contributed by atoms with Crippen LogP contribution in [0.1, 0.15) is 16.7 Å². The molecule has 0 saturated carbocycles. The molecule has 0 spiro atoms. The van der Waals surface area contributed by atoms with Gasteiger partial charge >= 0.3 is 0 Å². The molecule has 0 atom stereocenters. The standard InChI is InChI=1S/C25H21IN2O3/c1-17-8-10-19(11-9-17)20(15-27)12-18-13-22(26)25(23(14-18)30-2)31-16-24(29)28-21-6-4-3-5-7-21/h3-14H,16H2,1-2H3,(H,28,29)/b20-12-. The Morgan fingerprint density at radius 2 is 1.84 bits per heavy atom. The summed E-state index contributed by atoms with van der Waals surface area (Å²) in [6.45, 7) is 1.86. The third kappa shape index (κ3) is 6.09. The molecule has 0 bridgehead atoms. The minimum absolute atomic E-state index is 0.150. The largest absolute Gasteiger partial charge is 0.493 e. The molecule has 0 saturated heterocycles. The summed E-state index contributed by atoms with van der Waals surface area (Å²) in [4.78, 5) is 12.2. The van der Waals surface area contributed by atoms with E-state index in [1.165, 1.54) is 0 Å². The number of nitrogens with one attached hydrogen (secondary N) is 1. The van der Waals surface area contributed by atoms with Crippen molar-refractivity contribution in [1.82, 2.24) is 0 Å². The van der Waals surface area contributed by atoms with Crippen molar-refractivity contribution in [1.29, 1.82) is 5.26 Å². The highest BCUT2D eigenvalue weighted by molar-refractivity contribution is 14.1. The summed E-state index contributed by atoms with van der Waals surface area (Å²) < 4.78 is 12.0. The lowest BCUT2D eigenvalue weighted by Crippen LogP contribution is -2.20. The van der Waals surface area contributed by atoms with Crippen LogP contribution in [0, 0.1) is 21.8 Å². The molecule has 0 aliphatic rings. The maximum absolute atomic E-state index is 12.2. The summed E-state index contributed by atoms with van der Waals surface area (Å²) in [5, 5.41) is 12.4. The number of carbonyl (C=O) groups is 1. The van der Waals surface area contributed by atoms with Gasteiger partial charge in [-0.05, 0) is 71.0 Å². The quantitative estimate of drug-likeness (QED) is 0.245. The molecular formula is C25H21IN2O3. The first kappa shape index (κ1) is 22.4. The molecule has 5 nitrogen and oxygen atoms in total. The highest BCUT2D eigenvalue weighted by atomic mass is 127. The summed E-state index contributed by atoms with van der Waals surface area (Å²) >= 11 is 2.13. The van der Waals surface area contributed by atoms with Gasteiger partial charge < -0.3 is 14.8 Å². The Bertz CT molecular complexity index is 1130. The molecule has 0 unspecified atom stereocenters. The van der Waals surface area contributed by atoms with E-state index in [-0.39, 0.29) is 12.5 Å². The van der Waals surface area contributed by atoms with E-state index in [1.807, 2.05) is 67.6 Å². The van der Waals surface area contributed by atoms with Crippen molar-refractivity contribution >= 4 is 45.8 Å². The van der Waals surface area contributed by atoms with E-state index in [0.717, 1.165) is 20.3 Å². The zero-order chi connectivity index (χ0) is 22.2. The Kier molecular flexibility index (Phi) is 7.68. The number of methoxy groups -OCH3 is 1. The second kappa shape index (κ2) is 10.6. The maximum Gasteiger partial charge on any atom is 0.262 e. The Hall–Kier alpha value is -3.31. The number of amides is 1. The van der Waals surface area contributed by atoms with E-state index >= 15 is 0 Å². The monoisotopic (exact) mass is 524 g/mol. The molecule has 3 aromatic carbocycles. The molecular weight excluding hydrogens is 503 g/mol. The molecule has 0 heterocycles. The van der Waals surface area contributed by atoms with Crippen LogP contribution in [0.4, 0.5) is 5.69 Å². The average molecular weight is 524 g/mol. The van der Waals surface area contributed by atoms with Crippen molar-refractivity contribution in [2.24, 2.45) is 0 Å². The molecule has 31 heavy (non-hydrogen) atoms. The lowest BCUT2D eigenvalue weighted by Gasteiger charge is -2.14. The summed E-state index contributed by atoms with van der Waals surface area (Å²) in [7, 11) is 1.54. The second-order valence-corrected chi connectivity index (χ2v) is 7.94. The molecule has 6 heteroatoms. The fourth-order valence-electron chi connectivity index (χ4n) is 2.90. The van der Waals surface area contributed by atoms with Crippen LogP contribution < -0.4 is 14.8 Å². The van der Waals surface area contributed by atoms with Crippen molar-refractivity contribution < 1.29 is 14.3 Å². The summed E-state index contributed by atoms with van der Waals surface area (Å²) in [6.07, 6.45) is 1.81. The van der Waals surface area contributed by atoms with E-state index in [4.69, 9.17) is 9.47 Å². The number of rotatable bonds is 7. The van der Waals surface area contributed by atoms with Crippen LogP contribution in [-0.2, 0) is 4.79 Å². The number of hydrogen-bond donors (Lipinski definition) is 1. The van der Waals surface area contributed by atoms with Crippen LogP contribution in [0.2, 0.25) is 0 Å². The minimum Gasteiger partial charge on any atom is -0.493 e. The van der Waals surface area contributed by atoms with Gasteiger partial charge in [-0.15, -0.1) is 0 Å². The summed E-state index contributed by atoms with van der Waals surface area (Å²) in [5.74, 6) is 0.711. The topological polar surface area (TPSA) is 71.3 Å². The number of halogens is 1. The Morgan fingerprint density at radius 3 is 2.48 bits per heavy atom. The van der Waals surface area contributed by atoms with Gasteiger partial charge in [0.2, 0.25) is 0 Å². The van der Waals surface area contributed by atoms with Gasteiger partial charge in [-0.25, -0.2) is 0 Å². The second-order valence-electron chi connectivity index (χ2n) is 6.77. The number of anilines is 1. The van der Waals surface area contributed by atoms with Gasteiger partial charge in [0, 0.05) is 5.69 Å². The highest BCUT2D eigenvalue weighted by Gasteiger charge is 2.14. The van der Waals surface area contributed by atoms with Crippen LogP contribution in [0.15, 0.2) is 66.7 Å². The van der Waals surface area contributed by atoms with E-state index in [0.29, 0.717) is 22.8 Å². The number of allylic oxidation sites excluding steroid dienone is 1. The van der Waals surface area contributed by atoms with Crippen LogP contribution in [0.25, 0.3) is 11.6 Å². The van der Waals surface area contributed by atoms with Gasteiger partial charge in [-0.1, -0.05) is 48.0 Å². The molecule has 156 valence electrons. The summed E-state index contributed by atoms with van der Waals surface area (Å²) in [6, 6.07) is 22.9. The highest BCUT2D eigenvalue weighted by Crippen LogP contribution is 2.35. The predicted molar refractivity (Wildman–Crippen MR) is 131 cm³/mol. The number of aryl methyl sites for hydroxylation is 1. The lowest BCUT2D eigenvalue weighted by atomic mass is 10.0. The first-order chi connectivity index (χ1) is 15.0. The number of carbonyl (C=O) groups excluding carboxylic acids is 1. The lowest BCUT2D eigenvalue weighted by molar-refractivity contribution is -0.118. The smallest absolute Gasteiger partial charge is 0.262 e. The fourth-order valence-corrected chi connectivity index (χ4v) is 3.68. The number of para-hydroxylation sites is 1. The van der Waals surface area contributed by atoms with Crippen LogP contribution in [0.3, 0.4) is 0 Å². The van der Waals surface area contributed by atoms with Gasteiger partial charge in [-0.3, -0.25) is 4.79 Å². The van der Waals surface area contributed by atoms with Gasteiger partial charge in [0.1, 0.15) is 0 Å². The van der Waals surface area contributed by atoms with Crippen LogP contribution >= 0.6 is 22.6 Å². The van der Waals surface area contributed by atoms with E-state index in [9.17, 15) is 10.1 Å². The Balaban J connectivity index is 1.78. The zero-order valence-corrected chi connectivity index (χ0v) is 19.3.